The molecular formula is C12H20N4. The summed E-state index contributed by atoms with van der Waals surface area (Å²) in [5.74, 6) is 6.01. The molecule has 0 aliphatic heterocycles. The van der Waals surface area contributed by atoms with Crippen LogP contribution in [-0.2, 0) is 6.54 Å². The van der Waals surface area contributed by atoms with E-state index in [9.17, 15) is 0 Å². The first-order valence-corrected chi connectivity index (χ1v) is 5.56. The van der Waals surface area contributed by atoms with Gasteiger partial charge in [0.25, 0.3) is 0 Å². The molecule has 16 heavy (non-hydrogen) atoms. The number of aliphatic imine (C=N–C) groups is 1. The molecule has 1 aromatic rings. The van der Waals surface area contributed by atoms with Crippen molar-refractivity contribution < 1.29 is 0 Å². The Morgan fingerprint density at radius 3 is 2.88 bits per heavy atom. The minimum absolute atomic E-state index is 0.637. The number of rotatable bonds is 4. The van der Waals surface area contributed by atoms with Gasteiger partial charge in [-0.05, 0) is 18.9 Å². The molecule has 0 fully saturated rings. The number of guanidine groups is 1. The Labute approximate surface area is 96.9 Å². The Kier molecular flexibility index (Phi) is 5.36. The Hall–Kier alpha value is -1.55. The lowest BCUT2D eigenvalue weighted by molar-refractivity contribution is 0.790. The second kappa shape index (κ2) is 6.85. The van der Waals surface area contributed by atoms with E-state index in [1.165, 1.54) is 11.1 Å². The SMILES string of the molecule is CCCNC(=NCc1cccc(C)c1)NN. The molecule has 0 unspecified atom stereocenters. The van der Waals surface area contributed by atoms with Crippen LogP contribution in [0.4, 0.5) is 0 Å². The van der Waals surface area contributed by atoms with E-state index >= 15 is 0 Å². The van der Waals surface area contributed by atoms with E-state index < -0.39 is 0 Å². The summed E-state index contributed by atoms with van der Waals surface area (Å²) in [5.41, 5.74) is 4.99. The molecule has 0 heterocycles. The van der Waals surface area contributed by atoms with Crippen molar-refractivity contribution in [3.05, 3.63) is 35.4 Å². The number of aryl methyl sites for hydroxylation is 1. The van der Waals surface area contributed by atoms with Gasteiger partial charge in [0, 0.05) is 6.54 Å². The molecule has 1 rings (SSSR count). The first kappa shape index (κ1) is 12.5. The van der Waals surface area contributed by atoms with E-state index in [-0.39, 0.29) is 0 Å². The fourth-order valence-electron chi connectivity index (χ4n) is 1.38. The van der Waals surface area contributed by atoms with Crippen LogP contribution >= 0.6 is 0 Å². The number of benzene rings is 1. The van der Waals surface area contributed by atoms with Gasteiger partial charge >= 0.3 is 0 Å². The van der Waals surface area contributed by atoms with E-state index in [2.05, 4.69) is 47.8 Å². The lowest BCUT2D eigenvalue weighted by Gasteiger charge is -2.07. The smallest absolute Gasteiger partial charge is 0.206 e. The standard InChI is InChI=1S/C12H20N4/c1-3-7-14-12(16-13)15-9-11-6-4-5-10(2)8-11/h4-6,8H,3,7,9,13H2,1-2H3,(H2,14,15,16). The van der Waals surface area contributed by atoms with Gasteiger partial charge in [-0.15, -0.1) is 0 Å². The van der Waals surface area contributed by atoms with Crippen molar-refractivity contribution in [2.24, 2.45) is 10.8 Å². The van der Waals surface area contributed by atoms with E-state index in [1.807, 2.05) is 6.07 Å². The van der Waals surface area contributed by atoms with E-state index in [4.69, 9.17) is 5.84 Å². The van der Waals surface area contributed by atoms with Gasteiger partial charge in [0.1, 0.15) is 0 Å². The van der Waals surface area contributed by atoms with Crippen molar-refractivity contribution in [1.29, 1.82) is 0 Å². The molecule has 88 valence electrons. The third-order valence-corrected chi connectivity index (χ3v) is 2.18. The third kappa shape index (κ3) is 4.31. The molecule has 0 bridgehead atoms. The average Bonchev–Trinajstić information content (AvgIpc) is 2.29. The highest BCUT2D eigenvalue weighted by atomic mass is 15.3. The summed E-state index contributed by atoms with van der Waals surface area (Å²) >= 11 is 0. The predicted molar refractivity (Wildman–Crippen MR) is 67.9 cm³/mol. The average molecular weight is 220 g/mol. The van der Waals surface area contributed by atoms with Crippen molar-refractivity contribution >= 4 is 5.96 Å². The maximum absolute atomic E-state index is 5.36. The Balaban J connectivity index is 2.55. The van der Waals surface area contributed by atoms with Gasteiger partial charge in [0.15, 0.2) is 0 Å². The summed E-state index contributed by atoms with van der Waals surface area (Å²) in [4.78, 5) is 4.36. The summed E-state index contributed by atoms with van der Waals surface area (Å²) in [6.45, 7) is 5.68. The first-order chi connectivity index (χ1) is 7.76. The fourth-order valence-corrected chi connectivity index (χ4v) is 1.38. The summed E-state index contributed by atoms with van der Waals surface area (Å²) in [6, 6.07) is 8.29. The molecule has 0 aromatic heterocycles. The Morgan fingerprint density at radius 1 is 1.44 bits per heavy atom. The quantitative estimate of drug-likeness (QED) is 0.310. The topological polar surface area (TPSA) is 62.4 Å². The van der Waals surface area contributed by atoms with E-state index in [0.29, 0.717) is 12.5 Å². The molecule has 0 saturated carbocycles. The lowest BCUT2D eigenvalue weighted by atomic mass is 10.1. The van der Waals surface area contributed by atoms with Crippen LogP contribution in [0, 0.1) is 6.92 Å². The maximum atomic E-state index is 5.36. The van der Waals surface area contributed by atoms with Crippen molar-refractivity contribution in [3.8, 4) is 0 Å². The molecule has 4 nitrogen and oxygen atoms in total. The number of nitrogens with one attached hydrogen (secondary N) is 2. The van der Waals surface area contributed by atoms with Crippen LogP contribution in [0.5, 0.6) is 0 Å². The van der Waals surface area contributed by atoms with Crippen LogP contribution in [0.2, 0.25) is 0 Å². The highest BCUT2D eigenvalue weighted by molar-refractivity contribution is 5.79. The zero-order valence-corrected chi connectivity index (χ0v) is 9.96. The van der Waals surface area contributed by atoms with Crippen molar-refractivity contribution in [3.63, 3.8) is 0 Å². The van der Waals surface area contributed by atoms with Gasteiger partial charge < -0.3 is 5.32 Å². The number of hydrazine groups is 1. The molecule has 1 aromatic carbocycles. The second-order valence-electron chi connectivity index (χ2n) is 3.73. The fraction of sp³-hybridized carbons (Fsp3) is 0.417. The van der Waals surface area contributed by atoms with Crippen LogP contribution in [0.3, 0.4) is 0 Å². The van der Waals surface area contributed by atoms with Crippen LogP contribution in [-0.4, -0.2) is 12.5 Å². The molecule has 0 aliphatic rings. The van der Waals surface area contributed by atoms with Gasteiger partial charge in [-0.1, -0.05) is 36.8 Å². The molecule has 0 atom stereocenters. The van der Waals surface area contributed by atoms with E-state index in [0.717, 1.165) is 13.0 Å². The van der Waals surface area contributed by atoms with Crippen LogP contribution in [0.25, 0.3) is 0 Å². The minimum Gasteiger partial charge on any atom is -0.355 e. The summed E-state index contributed by atoms with van der Waals surface area (Å²) in [7, 11) is 0. The lowest BCUT2D eigenvalue weighted by Crippen LogP contribution is -2.41. The second-order valence-corrected chi connectivity index (χ2v) is 3.73. The van der Waals surface area contributed by atoms with Crippen molar-refractivity contribution in [2.75, 3.05) is 6.54 Å². The van der Waals surface area contributed by atoms with Crippen LogP contribution in [0.15, 0.2) is 29.3 Å². The zero-order chi connectivity index (χ0) is 11.8. The molecule has 4 N–H and O–H groups in total. The maximum Gasteiger partial charge on any atom is 0.206 e. The molecule has 4 heteroatoms. The van der Waals surface area contributed by atoms with Crippen LogP contribution < -0.4 is 16.6 Å². The van der Waals surface area contributed by atoms with Gasteiger partial charge in [-0.3, -0.25) is 5.43 Å². The Morgan fingerprint density at radius 2 is 2.25 bits per heavy atom. The molecule has 0 radical (unpaired) electrons. The molecule has 0 aliphatic carbocycles. The summed E-state index contributed by atoms with van der Waals surface area (Å²) < 4.78 is 0. The number of nitrogens with two attached hydrogens (primary N) is 1. The molecular weight excluding hydrogens is 200 g/mol. The van der Waals surface area contributed by atoms with Crippen molar-refractivity contribution in [1.82, 2.24) is 10.7 Å². The van der Waals surface area contributed by atoms with Gasteiger partial charge in [-0.2, -0.15) is 0 Å². The molecule has 0 amide bonds. The zero-order valence-electron chi connectivity index (χ0n) is 9.96. The third-order valence-electron chi connectivity index (χ3n) is 2.18. The normalized spacial score (nSPS) is 11.3. The molecule has 0 saturated heterocycles. The van der Waals surface area contributed by atoms with Gasteiger partial charge in [0.05, 0.1) is 6.54 Å². The van der Waals surface area contributed by atoms with Gasteiger partial charge in [-0.25, -0.2) is 10.8 Å². The first-order valence-electron chi connectivity index (χ1n) is 5.56. The highest BCUT2D eigenvalue weighted by Crippen LogP contribution is 2.04. The van der Waals surface area contributed by atoms with Gasteiger partial charge in [0.2, 0.25) is 5.96 Å². The van der Waals surface area contributed by atoms with Crippen LogP contribution in [0.1, 0.15) is 24.5 Å². The van der Waals surface area contributed by atoms with Crippen molar-refractivity contribution in [2.45, 2.75) is 26.8 Å². The molecule has 0 spiro atoms. The van der Waals surface area contributed by atoms with E-state index in [1.54, 1.807) is 0 Å². The number of hydrogen-bond donors (Lipinski definition) is 3. The monoisotopic (exact) mass is 220 g/mol. The largest absolute Gasteiger partial charge is 0.355 e. The minimum atomic E-state index is 0.637. The number of hydrogen-bond acceptors (Lipinski definition) is 2. The Bertz CT molecular complexity index is 347. The summed E-state index contributed by atoms with van der Waals surface area (Å²) in [6.07, 6.45) is 1.05. The predicted octanol–water partition coefficient (Wildman–Crippen LogP) is 1.31. The summed E-state index contributed by atoms with van der Waals surface area (Å²) in [5, 5.41) is 3.12. The number of nitrogens with zero attached hydrogens (tertiary/aromatic N) is 1. The highest BCUT2D eigenvalue weighted by Gasteiger charge is 1.95.